The standard InChI is InChI=1S/C17H25N5O2/c1-2-12(23)9-22-11-20-14-15(18-10-19-16(14)22)21-5-3-17(4-6-21)7-13(24)8-17/h10-13,23-24H,2-9H2,1H3/t12-/m0/s1. The second-order valence-corrected chi connectivity index (χ2v) is 7.38. The SMILES string of the molecule is CC[C@H](O)Cn1cnc2c(N3CCC4(CC3)CC(O)C4)ncnc21. The molecule has 4 rings (SSSR count). The molecule has 1 saturated heterocycles. The van der Waals surface area contributed by atoms with Crippen molar-refractivity contribution in [2.45, 2.75) is 57.8 Å². The van der Waals surface area contributed by atoms with Gasteiger partial charge in [0.05, 0.1) is 25.1 Å². The summed E-state index contributed by atoms with van der Waals surface area (Å²) in [5.41, 5.74) is 1.95. The number of aliphatic hydroxyl groups excluding tert-OH is 2. The Kier molecular flexibility index (Phi) is 3.92. The van der Waals surface area contributed by atoms with Crippen molar-refractivity contribution in [2.75, 3.05) is 18.0 Å². The van der Waals surface area contributed by atoms with Gasteiger partial charge in [0.25, 0.3) is 0 Å². The molecule has 1 saturated carbocycles. The predicted octanol–water partition coefficient (Wildman–Crippen LogP) is 1.34. The largest absolute Gasteiger partial charge is 0.393 e. The van der Waals surface area contributed by atoms with Crippen LogP contribution in [-0.2, 0) is 6.54 Å². The number of aliphatic hydroxyl groups is 2. The molecule has 1 aliphatic carbocycles. The van der Waals surface area contributed by atoms with Crippen LogP contribution in [0.1, 0.15) is 39.0 Å². The van der Waals surface area contributed by atoms with Gasteiger partial charge in [-0.2, -0.15) is 0 Å². The molecule has 0 aromatic carbocycles. The molecule has 1 spiro atoms. The summed E-state index contributed by atoms with van der Waals surface area (Å²) < 4.78 is 1.91. The first-order chi connectivity index (χ1) is 11.6. The molecule has 7 nitrogen and oxygen atoms in total. The number of aromatic nitrogens is 4. The Bertz CT molecular complexity index is 715. The van der Waals surface area contributed by atoms with Crippen LogP contribution in [0.5, 0.6) is 0 Å². The molecular formula is C17H25N5O2. The number of anilines is 1. The second kappa shape index (κ2) is 5.97. The van der Waals surface area contributed by atoms with Crippen LogP contribution >= 0.6 is 0 Å². The highest BCUT2D eigenvalue weighted by Gasteiger charge is 2.45. The monoisotopic (exact) mass is 331 g/mol. The minimum Gasteiger partial charge on any atom is -0.393 e. The van der Waals surface area contributed by atoms with Crippen LogP contribution < -0.4 is 4.90 Å². The molecule has 0 unspecified atom stereocenters. The highest BCUT2D eigenvalue weighted by molar-refractivity contribution is 5.83. The van der Waals surface area contributed by atoms with Crippen molar-refractivity contribution >= 4 is 17.0 Å². The average Bonchev–Trinajstić information content (AvgIpc) is 2.97. The first-order valence-electron chi connectivity index (χ1n) is 8.87. The van der Waals surface area contributed by atoms with Crippen LogP contribution in [0.4, 0.5) is 5.82 Å². The molecule has 1 aliphatic heterocycles. The first kappa shape index (κ1) is 15.8. The molecule has 130 valence electrons. The van der Waals surface area contributed by atoms with Gasteiger partial charge in [-0.1, -0.05) is 6.92 Å². The fraction of sp³-hybridized carbons (Fsp3) is 0.706. The summed E-state index contributed by atoms with van der Waals surface area (Å²) in [6.45, 7) is 4.36. The number of hydrogen-bond acceptors (Lipinski definition) is 6. The van der Waals surface area contributed by atoms with Gasteiger partial charge < -0.3 is 19.7 Å². The number of nitrogens with zero attached hydrogens (tertiary/aromatic N) is 5. The van der Waals surface area contributed by atoms with E-state index in [1.807, 2.05) is 11.5 Å². The van der Waals surface area contributed by atoms with E-state index in [1.54, 1.807) is 12.7 Å². The number of rotatable bonds is 4. The van der Waals surface area contributed by atoms with Crippen LogP contribution in [-0.4, -0.2) is 55.0 Å². The summed E-state index contributed by atoms with van der Waals surface area (Å²) in [7, 11) is 0. The van der Waals surface area contributed by atoms with Crippen molar-refractivity contribution in [1.29, 1.82) is 0 Å². The molecule has 0 radical (unpaired) electrons. The van der Waals surface area contributed by atoms with Gasteiger partial charge in [0.15, 0.2) is 17.0 Å². The van der Waals surface area contributed by atoms with E-state index in [0.29, 0.717) is 18.4 Å². The van der Waals surface area contributed by atoms with Crippen LogP contribution in [0.25, 0.3) is 11.2 Å². The average molecular weight is 331 g/mol. The van der Waals surface area contributed by atoms with Crippen molar-refractivity contribution in [3.63, 3.8) is 0 Å². The van der Waals surface area contributed by atoms with Gasteiger partial charge in [-0.3, -0.25) is 0 Å². The Morgan fingerprint density at radius 3 is 2.67 bits per heavy atom. The number of imidazole rings is 1. The van der Waals surface area contributed by atoms with Gasteiger partial charge in [0.2, 0.25) is 0 Å². The van der Waals surface area contributed by atoms with Gasteiger partial charge >= 0.3 is 0 Å². The van der Waals surface area contributed by atoms with Gasteiger partial charge in [0, 0.05) is 13.1 Å². The molecule has 7 heteroatoms. The summed E-state index contributed by atoms with van der Waals surface area (Å²) in [5.74, 6) is 0.888. The quantitative estimate of drug-likeness (QED) is 0.879. The Labute approximate surface area is 141 Å². The summed E-state index contributed by atoms with van der Waals surface area (Å²) >= 11 is 0. The highest BCUT2D eigenvalue weighted by atomic mass is 16.3. The Balaban J connectivity index is 1.55. The fourth-order valence-electron chi connectivity index (χ4n) is 4.13. The topological polar surface area (TPSA) is 87.3 Å². The van der Waals surface area contributed by atoms with Crippen molar-refractivity contribution in [1.82, 2.24) is 19.5 Å². The van der Waals surface area contributed by atoms with E-state index in [4.69, 9.17) is 0 Å². The molecule has 24 heavy (non-hydrogen) atoms. The third-order valence-corrected chi connectivity index (χ3v) is 5.72. The lowest BCUT2D eigenvalue weighted by Crippen LogP contribution is -2.49. The summed E-state index contributed by atoms with van der Waals surface area (Å²) in [6, 6.07) is 0. The Hall–Kier alpha value is -1.73. The minimum absolute atomic E-state index is 0.0944. The molecule has 3 heterocycles. The van der Waals surface area contributed by atoms with E-state index in [-0.39, 0.29) is 12.2 Å². The van der Waals surface area contributed by atoms with Crippen LogP contribution in [0.3, 0.4) is 0 Å². The number of hydrogen-bond donors (Lipinski definition) is 2. The van der Waals surface area contributed by atoms with E-state index in [2.05, 4.69) is 19.9 Å². The molecule has 0 bridgehead atoms. The maximum atomic E-state index is 9.90. The van der Waals surface area contributed by atoms with Gasteiger partial charge in [-0.15, -0.1) is 0 Å². The Morgan fingerprint density at radius 1 is 1.25 bits per heavy atom. The maximum absolute atomic E-state index is 9.90. The third-order valence-electron chi connectivity index (χ3n) is 5.72. The third kappa shape index (κ3) is 2.65. The maximum Gasteiger partial charge on any atom is 0.165 e. The lowest BCUT2D eigenvalue weighted by Gasteiger charge is -2.50. The highest BCUT2D eigenvalue weighted by Crippen LogP contribution is 2.49. The zero-order chi connectivity index (χ0) is 16.7. The van der Waals surface area contributed by atoms with E-state index >= 15 is 0 Å². The molecule has 2 aromatic heterocycles. The molecule has 2 N–H and O–H groups in total. The zero-order valence-corrected chi connectivity index (χ0v) is 14.1. The van der Waals surface area contributed by atoms with Gasteiger partial charge in [-0.25, -0.2) is 15.0 Å². The molecule has 2 aliphatic rings. The molecule has 1 atom stereocenters. The lowest BCUT2D eigenvalue weighted by molar-refractivity contribution is -0.0464. The molecule has 0 amide bonds. The smallest absolute Gasteiger partial charge is 0.165 e. The van der Waals surface area contributed by atoms with Crippen molar-refractivity contribution in [3.05, 3.63) is 12.7 Å². The number of piperidine rings is 1. The van der Waals surface area contributed by atoms with Crippen molar-refractivity contribution in [2.24, 2.45) is 5.41 Å². The lowest BCUT2D eigenvalue weighted by atomic mass is 9.61. The van der Waals surface area contributed by atoms with Crippen LogP contribution in [0.15, 0.2) is 12.7 Å². The fourth-order valence-corrected chi connectivity index (χ4v) is 4.13. The second-order valence-electron chi connectivity index (χ2n) is 7.38. The Morgan fingerprint density at radius 2 is 2.00 bits per heavy atom. The zero-order valence-electron chi connectivity index (χ0n) is 14.1. The predicted molar refractivity (Wildman–Crippen MR) is 90.7 cm³/mol. The van der Waals surface area contributed by atoms with E-state index in [1.165, 1.54) is 0 Å². The summed E-state index contributed by atoms with van der Waals surface area (Å²) in [5, 5.41) is 19.5. The van der Waals surface area contributed by atoms with Gasteiger partial charge in [-0.05, 0) is 37.5 Å². The van der Waals surface area contributed by atoms with Crippen molar-refractivity contribution in [3.8, 4) is 0 Å². The van der Waals surface area contributed by atoms with Crippen LogP contribution in [0, 0.1) is 5.41 Å². The molecule has 2 aromatic rings. The summed E-state index contributed by atoms with van der Waals surface area (Å²) in [4.78, 5) is 15.6. The van der Waals surface area contributed by atoms with E-state index in [0.717, 1.165) is 55.8 Å². The van der Waals surface area contributed by atoms with E-state index < -0.39 is 0 Å². The number of fused-ring (bicyclic) bond motifs is 1. The minimum atomic E-state index is -0.388. The van der Waals surface area contributed by atoms with E-state index in [9.17, 15) is 10.2 Å². The molecule has 2 fully saturated rings. The van der Waals surface area contributed by atoms with Gasteiger partial charge in [0.1, 0.15) is 6.33 Å². The summed E-state index contributed by atoms with van der Waals surface area (Å²) in [6.07, 6.45) is 7.66. The van der Waals surface area contributed by atoms with Crippen molar-refractivity contribution < 1.29 is 10.2 Å². The normalized spacial score (nSPS) is 22.0. The van der Waals surface area contributed by atoms with Crippen LogP contribution in [0.2, 0.25) is 0 Å². The molecular weight excluding hydrogens is 306 g/mol. The first-order valence-corrected chi connectivity index (χ1v) is 8.87.